The van der Waals surface area contributed by atoms with E-state index in [2.05, 4.69) is 12.2 Å². The van der Waals surface area contributed by atoms with Crippen molar-refractivity contribution in [1.82, 2.24) is 5.32 Å². The highest BCUT2D eigenvalue weighted by Crippen LogP contribution is 2.16. The van der Waals surface area contributed by atoms with Gasteiger partial charge in [0.1, 0.15) is 0 Å². The molecule has 0 aliphatic rings. The molecule has 2 atom stereocenters. The summed E-state index contributed by atoms with van der Waals surface area (Å²) < 4.78 is 5.54. The van der Waals surface area contributed by atoms with Crippen LogP contribution in [0.1, 0.15) is 39.3 Å². The molecule has 0 spiro atoms. The van der Waals surface area contributed by atoms with Gasteiger partial charge in [-0.3, -0.25) is 0 Å². The lowest BCUT2D eigenvalue weighted by atomic mass is 10.1. The van der Waals surface area contributed by atoms with Crippen LogP contribution in [-0.4, -0.2) is 30.0 Å². The number of nitrogens with one attached hydrogen (secondary N) is 1. The zero-order valence-corrected chi connectivity index (χ0v) is 12.9. The Balaban J connectivity index is 2.33. The molecule has 0 aliphatic heterocycles. The number of halogens is 1. The average Bonchev–Trinajstić information content (AvgIpc) is 2.33. The molecule has 4 heteroatoms. The lowest BCUT2D eigenvalue weighted by Gasteiger charge is -2.23. The lowest BCUT2D eigenvalue weighted by molar-refractivity contribution is -0.0482. The molecular weight excluding hydrogens is 262 g/mol. The Morgan fingerprint density at radius 3 is 2.37 bits per heavy atom. The molecule has 1 unspecified atom stereocenters. The quantitative estimate of drug-likeness (QED) is 0.843. The molecule has 0 radical (unpaired) electrons. The largest absolute Gasteiger partial charge is 0.389 e. The molecule has 0 bridgehead atoms. The molecule has 3 nitrogen and oxygen atoms in total. The van der Waals surface area contributed by atoms with E-state index in [-0.39, 0.29) is 11.6 Å². The van der Waals surface area contributed by atoms with Gasteiger partial charge in [-0.05, 0) is 45.4 Å². The zero-order valence-electron chi connectivity index (χ0n) is 12.1. The monoisotopic (exact) mass is 285 g/mol. The maximum Gasteiger partial charge on any atom is 0.0898 e. The normalized spacial score (nSPS) is 15.3. The van der Waals surface area contributed by atoms with Gasteiger partial charge in [0.25, 0.3) is 0 Å². The van der Waals surface area contributed by atoms with Crippen molar-refractivity contribution in [2.45, 2.75) is 45.4 Å². The van der Waals surface area contributed by atoms with Crippen LogP contribution in [0.5, 0.6) is 0 Å². The van der Waals surface area contributed by atoms with Gasteiger partial charge in [0, 0.05) is 17.6 Å². The molecule has 0 amide bonds. The van der Waals surface area contributed by atoms with Crippen molar-refractivity contribution >= 4 is 11.6 Å². The zero-order chi connectivity index (χ0) is 14.5. The number of aliphatic hydroxyl groups is 1. The minimum atomic E-state index is -0.506. The SMILES string of the molecule is C[C@@H](NCC(O)COC(C)(C)C)c1ccc(Cl)cc1. The molecular formula is C15H24ClNO2. The highest BCUT2D eigenvalue weighted by Gasteiger charge is 2.14. The van der Waals surface area contributed by atoms with E-state index in [4.69, 9.17) is 16.3 Å². The summed E-state index contributed by atoms with van der Waals surface area (Å²) >= 11 is 5.85. The third-order valence-corrected chi connectivity index (χ3v) is 2.99. The second-order valence-electron chi connectivity index (χ2n) is 5.76. The molecule has 0 fully saturated rings. The predicted octanol–water partition coefficient (Wildman–Crippen LogP) is 3.17. The predicted molar refractivity (Wildman–Crippen MR) is 79.6 cm³/mol. The Hall–Kier alpha value is -0.610. The Kier molecular flexibility index (Phi) is 6.27. The minimum absolute atomic E-state index is 0.168. The van der Waals surface area contributed by atoms with Crippen molar-refractivity contribution in [2.24, 2.45) is 0 Å². The fourth-order valence-corrected chi connectivity index (χ4v) is 1.71. The molecule has 0 heterocycles. The van der Waals surface area contributed by atoms with Crippen LogP contribution >= 0.6 is 11.6 Å². The van der Waals surface area contributed by atoms with Crippen LogP contribution in [0.25, 0.3) is 0 Å². The van der Waals surface area contributed by atoms with E-state index in [1.165, 1.54) is 0 Å². The van der Waals surface area contributed by atoms with E-state index in [0.717, 1.165) is 10.6 Å². The molecule has 0 aliphatic carbocycles. The number of hydrogen-bond acceptors (Lipinski definition) is 3. The lowest BCUT2D eigenvalue weighted by Crippen LogP contribution is -2.34. The second-order valence-corrected chi connectivity index (χ2v) is 6.20. The van der Waals surface area contributed by atoms with Crippen molar-refractivity contribution < 1.29 is 9.84 Å². The summed E-state index contributed by atoms with van der Waals surface area (Å²) in [7, 11) is 0. The van der Waals surface area contributed by atoms with Crippen molar-refractivity contribution in [3.63, 3.8) is 0 Å². The molecule has 1 aromatic rings. The minimum Gasteiger partial charge on any atom is -0.389 e. The van der Waals surface area contributed by atoms with Gasteiger partial charge in [-0.1, -0.05) is 23.7 Å². The van der Waals surface area contributed by atoms with E-state index < -0.39 is 6.10 Å². The van der Waals surface area contributed by atoms with Gasteiger partial charge < -0.3 is 15.2 Å². The summed E-state index contributed by atoms with van der Waals surface area (Å²) in [5.74, 6) is 0. The molecule has 0 aromatic heterocycles. The van der Waals surface area contributed by atoms with Crippen molar-refractivity contribution in [3.8, 4) is 0 Å². The van der Waals surface area contributed by atoms with Gasteiger partial charge in [0.2, 0.25) is 0 Å². The van der Waals surface area contributed by atoms with Crippen LogP contribution in [0.15, 0.2) is 24.3 Å². The Morgan fingerprint density at radius 2 is 1.84 bits per heavy atom. The topological polar surface area (TPSA) is 41.5 Å². The van der Waals surface area contributed by atoms with Crippen LogP contribution < -0.4 is 5.32 Å². The van der Waals surface area contributed by atoms with Gasteiger partial charge in [0.15, 0.2) is 0 Å². The van der Waals surface area contributed by atoms with Crippen LogP contribution in [-0.2, 0) is 4.74 Å². The molecule has 108 valence electrons. The van der Waals surface area contributed by atoms with Crippen LogP contribution in [0.4, 0.5) is 0 Å². The average molecular weight is 286 g/mol. The summed E-state index contributed by atoms with van der Waals surface area (Å²) in [4.78, 5) is 0. The van der Waals surface area contributed by atoms with Gasteiger partial charge in [-0.25, -0.2) is 0 Å². The molecule has 19 heavy (non-hydrogen) atoms. The first-order valence-corrected chi connectivity index (χ1v) is 6.96. The Bertz CT molecular complexity index is 373. The van der Waals surface area contributed by atoms with E-state index in [1.54, 1.807) is 0 Å². The van der Waals surface area contributed by atoms with E-state index in [1.807, 2.05) is 45.0 Å². The highest BCUT2D eigenvalue weighted by atomic mass is 35.5. The van der Waals surface area contributed by atoms with E-state index in [0.29, 0.717) is 13.2 Å². The van der Waals surface area contributed by atoms with Gasteiger partial charge in [0.05, 0.1) is 18.3 Å². The molecule has 0 saturated carbocycles. The molecule has 1 aromatic carbocycles. The van der Waals surface area contributed by atoms with Crippen LogP contribution in [0, 0.1) is 0 Å². The number of benzene rings is 1. The third-order valence-electron chi connectivity index (χ3n) is 2.74. The van der Waals surface area contributed by atoms with Crippen molar-refractivity contribution in [2.75, 3.05) is 13.2 Å². The van der Waals surface area contributed by atoms with Gasteiger partial charge in [-0.2, -0.15) is 0 Å². The summed E-state index contributed by atoms with van der Waals surface area (Å²) in [5, 5.41) is 13.9. The first-order valence-electron chi connectivity index (χ1n) is 6.59. The number of hydrogen-bond donors (Lipinski definition) is 2. The second kappa shape index (κ2) is 7.25. The summed E-state index contributed by atoms with van der Waals surface area (Å²) in [6.45, 7) is 8.82. The van der Waals surface area contributed by atoms with Crippen LogP contribution in [0.2, 0.25) is 5.02 Å². The summed E-state index contributed by atoms with van der Waals surface area (Å²) in [6.07, 6.45) is -0.506. The maximum absolute atomic E-state index is 9.84. The molecule has 2 N–H and O–H groups in total. The fraction of sp³-hybridized carbons (Fsp3) is 0.600. The van der Waals surface area contributed by atoms with E-state index in [9.17, 15) is 5.11 Å². The first kappa shape index (κ1) is 16.4. The third kappa shape index (κ3) is 6.92. The van der Waals surface area contributed by atoms with E-state index >= 15 is 0 Å². The Labute approximate surface area is 120 Å². The van der Waals surface area contributed by atoms with Crippen LogP contribution in [0.3, 0.4) is 0 Å². The number of aliphatic hydroxyl groups excluding tert-OH is 1. The number of rotatable bonds is 6. The first-order chi connectivity index (χ1) is 8.78. The maximum atomic E-state index is 9.84. The van der Waals surface area contributed by atoms with Crippen molar-refractivity contribution in [3.05, 3.63) is 34.9 Å². The highest BCUT2D eigenvalue weighted by molar-refractivity contribution is 6.30. The standard InChI is InChI=1S/C15H24ClNO2/c1-11(12-5-7-13(16)8-6-12)17-9-14(18)10-19-15(2,3)4/h5-8,11,14,17-18H,9-10H2,1-4H3/t11-,14?/m1/s1. The molecule has 1 rings (SSSR count). The molecule has 0 saturated heterocycles. The van der Waals surface area contributed by atoms with Gasteiger partial charge >= 0.3 is 0 Å². The summed E-state index contributed by atoms with van der Waals surface area (Å²) in [5.41, 5.74) is 0.927. The van der Waals surface area contributed by atoms with Gasteiger partial charge in [-0.15, -0.1) is 0 Å². The summed E-state index contributed by atoms with van der Waals surface area (Å²) in [6, 6.07) is 7.87. The van der Waals surface area contributed by atoms with Crippen molar-refractivity contribution in [1.29, 1.82) is 0 Å². The smallest absolute Gasteiger partial charge is 0.0898 e. The number of ether oxygens (including phenoxy) is 1. The Morgan fingerprint density at radius 1 is 1.26 bits per heavy atom. The fourth-order valence-electron chi connectivity index (χ4n) is 1.59.